The second kappa shape index (κ2) is 12.6. The fourth-order valence-electron chi connectivity index (χ4n) is 5.38. The Balaban J connectivity index is 1.17. The fourth-order valence-corrected chi connectivity index (χ4v) is 8.59. The molecule has 0 saturated carbocycles. The molecule has 0 aliphatic heterocycles. The van der Waals surface area contributed by atoms with Crippen LogP contribution in [0.5, 0.6) is 11.5 Å². The number of aliphatic carboxylic acids is 1. The van der Waals surface area contributed by atoms with Gasteiger partial charge in [-0.1, -0.05) is 67.6 Å². The molecule has 0 spiro atoms. The summed E-state index contributed by atoms with van der Waals surface area (Å²) in [5, 5.41) is 13.4. The summed E-state index contributed by atoms with van der Waals surface area (Å²) in [6.45, 7) is 2.88. The van der Waals surface area contributed by atoms with Crippen LogP contribution in [0.2, 0.25) is 0 Å². The van der Waals surface area contributed by atoms with Gasteiger partial charge in [0, 0.05) is 5.39 Å². The largest absolute Gasteiger partial charge is 0.489 e. The summed E-state index contributed by atoms with van der Waals surface area (Å²) in [4.78, 5) is 18.8. The number of fused-ring (bicyclic) bond motifs is 2. The SMILES string of the molecule is CCS(CC(=O)O)(c1ccc(OCc2ccc3ccccc3c2)cc1)c1ccc(OCc2ccc3ccccc3n2)cc1. The Morgan fingerprint density at radius 1 is 0.674 bits per heavy atom. The third kappa shape index (κ3) is 6.35. The lowest BCUT2D eigenvalue weighted by Gasteiger charge is -2.39. The van der Waals surface area contributed by atoms with Crippen molar-refractivity contribution in [3.63, 3.8) is 0 Å². The molecular weight excluding hydrogens is 554 g/mol. The van der Waals surface area contributed by atoms with Crippen molar-refractivity contribution in [2.75, 3.05) is 11.5 Å². The highest BCUT2D eigenvalue weighted by Gasteiger charge is 2.30. The van der Waals surface area contributed by atoms with E-state index in [0.29, 0.717) is 19.0 Å². The first-order valence-corrected chi connectivity index (χ1v) is 16.3. The number of carbonyl (C=O) groups is 1. The maximum absolute atomic E-state index is 12.1. The summed E-state index contributed by atoms with van der Waals surface area (Å²) in [5.41, 5.74) is 2.89. The lowest BCUT2D eigenvalue weighted by Crippen LogP contribution is -2.16. The zero-order valence-electron chi connectivity index (χ0n) is 24.0. The van der Waals surface area contributed by atoms with Gasteiger partial charge in [-0.05, 0) is 98.6 Å². The first kappa shape index (κ1) is 28.3. The maximum atomic E-state index is 12.1. The van der Waals surface area contributed by atoms with Crippen molar-refractivity contribution in [1.82, 2.24) is 4.98 Å². The Morgan fingerprint density at radius 3 is 1.91 bits per heavy atom. The van der Waals surface area contributed by atoms with Crippen LogP contribution < -0.4 is 9.47 Å². The molecular formula is C37H33NO4S. The minimum absolute atomic E-state index is 0.0575. The van der Waals surface area contributed by atoms with Crippen LogP contribution in [-0.2, 0) is 18.0 Å². The molecule has 0 aliphatic carbocycles. The normalized spacial score (nSPS) is 13.3. The van der Waals surface area contributed by atoms with Gasteiger partial charge >= 0.3 is 5.97 Å². The smallest absolute Gasteiger partial charge is 0.312 e. The molecule has 0 aliphatic rings. The van der Waals surface area contributed by atoms with E-state index in [0.717, 1.165) is 43.5 Å². The van der Waals surface area contributed by atoms with Gasteiger partial charge in [0.2, 0.25) is 0 Å². The van der Waals surface area contributed by atoms with Gasteiger partial charge in [0.1, 0.15) is 24.7 Å². The molecule has 0 fully saturated rings. The quantitative estimate of drug-likeness (QED) is 0.164. The standard InChI is InChI=1S/C37H33NO4S/c1-2-43(26-37(39)40,34-19-15-32(16-20-34)41-24-27-11-12-28-7-3-4-9-30(28)23-27)35-21-17-33(18-22-35)42-25-31-14-13-29-8-5-6-10-36(29)38-31/h3-23H,2,24-26H2,1H3,(H,39,40). The van der Waals surface area contributed by atoms with Crippen molar-refractivity contribution in [2.45, 2.75) is 29.9 Å². The highest BCUT2D eigenvalue weighted by atomic mass is 32.3. The van der Waals surface area contributed by atoms with Crippen LogP contribution in [0.4, 0.5) is 0 Å². The number of hydrogen-bond acceptors (Lipinski definition) is 4. The number of carboxylic acid groups (broad SMARTS) is 1. The van der Waals surface area contributed by atoms with Crippen molar-refractivity contribution in [1.29, 1.82) is 0 Å². The van der Waals surface area contributed by atoms with E-state index >= 15 is 0 Å². The second-order valence-corrected chi connectivity index (χ2v) is 14.0. The third-order valence-electron chi connectivity index (χ3n) is 7.67. The number of rotatable bonds is 11. The lowest BCUT2D eigenvalue weighted by molar-refractivity contribution is -0.134. The van der Waals surface area contributed by atoms with Crippen LogP contribution in [0.3, 0.4) is 0 Å². The summed E-state index contributed by atoms with van der Waals surface area (Å²) in [7, 11) is -1.83. The van der Waals surface area contributed by atoms with Crippen molar-refractivity contribution >= 4 is 37.7 Å². The first-order valence-electron chi connectivity index (χ1n) is 14.3. The van der Waals surface area contributed by atoms with Crippen molar-refractivity contribution in [3.8, 4) is 11.5 Å². The summed E-state index contributed by atoms with van der Waals surface area (Å²) in [5.74, 6) is 1.43. The van der Waals surface area contributed by atoms with E-state index in [-0.39, 0.29) is 5.75 Å². The van der Waals surface area contributed by atoms with E-state index in [9.17, 15) is 9.90 Å². The molecule has 43 heavy (non-hydrogen) atoms. The van der Waals surface area contributed by atoms with E-state index in [4.69, 9.17) is 9.47 Å². The van der Waals surface area contributed by atoms with Crippen LogP contribution in [0.1, 0.15) is 18.2 Å². The van der Waals surface area contributed by atoms with Gasteiger partial charge in [0.15, 0.2) is 0 Å². The van der Waals surface area contributed by atoms with E-state index < -0.39 is 16.0 Å². The van der Waals surface area contributed by atoms with E-state index in [1.54, 1.807) is 0 Å². The molecule has 0 saturated heterocycles. The predicted molar refractivity (Wildman–Crippen MR) is 174 cm³/mol. The number of ether oxygens (including phenoxy) is 2. The molecule has 1 heterocycles. The molecule has 1 atom stereocenters. The van der Waals surface area contributed by atoms with E-state index in [1.807, 2.05) is 91.0 Å². The van der Waals surface area contributed by atoms with Gasteiger partial charge < -0.3 is 14.6 Å². The molecule has 1 aromatic heterocycles. The van der Waals surface area contributed by atoms with Crippen molar-refractivity contribution < 1.29 is 19.4 Å². The average molecular weight is 588 g/mol. The molecule has 6 rings (SSSR count). The van der Waals surface area contributed by atoms with Gasteiger partial charge in [-0.25, -0.2) is 4.98 Å². The summed E-state index contributed by atoms with van der Waals surface area (Å²) < 4.78 is 12.1. The molecule has 0 amide bonds. The van der Waals surface area contributed by atoms with Gasteiger partial charge in [-0.15, -0.1) is 0 Å². The molecule has 5 nitrogen and oxygen atoms in total. The molecule has 0 radical (unpaired) electrons. The van der Waals surface area contributed by atoms with Crippen LogP contribution in [0, 0.1) is 0 Å². The van der Waals surface area contributed by atoms with Crippen LogP contribution in [-0.4, -0.2) is 27.6 Å². The van der Waals surface area contributed by atoms with Crippen LogP contribution in [0.15, 0.2) is 137 Å². The Kier molecular flexibility index (Phi) is 8.29. The Labute approximate surface area is 253 Å². The number of para-hydroxylation sites is 1. The molecule has 1 N–H and O–H groups in total. The Morgan fingerprint density at radius 2 is 1.26 bits per heavy atom. The molecule has 6 heteroatoms. The average Bonchev–Trinajstić information content (AvgIpc) is 3.05. The monoisotopic (exact) mass is 587 g/mol. The molecule has 6 aromatic rings. The predicted octanol–water partition coefficient (Wildman–Crippen LogP) is 8.87. The highest BCUT2D eigenvalue weighted by molar-refractivity contribution is 8.34. The summed E-state index contributed by atoms with van der Waals surface area (Å²) in [6.07, 6.45) is 0. The van der Waals surface area contributed by atoms with Crippen molar-refractivity contribution in [2.24, 2.45) is 0 Å². The van der Waals surface area contributed by atoms with Gasteiger partial charge in [-0.2, -0.15) is 10.0 Å². The van der Waals surface area contributed by atoms with E-state index in [2.05, 4.69) is 48.3 Å². The number of carboxylic acids is 1. The molecule has 0 bridgehead atoms. The highest BCUT2D eigenvalue weighted by Crippen LogP contribution is 2.62. The number of aromatic nitrogens is 1. The van der Waals surface area contributed by atoms with E-state index in [1.165, 1.54) is 10.8 Å². The van der Waals surface area contributed by atoms with Crippen LogP contribution in [0.25, 0.3) is 21.7 Å². The van der Waals surface area contributed by atoms with Gasteiger partial charge in [0.05, 0.1) is 17.0 Å². The molecule has 5 aromatic carbocycles. The first-order chi connectivity index (χ1) is 21.0. The Hall–Kier alpha value is -4.81. The number of hydrogen-bond donors (Lipinski definition) is 1. The van der Waals surface area contributed by atoms with Crippen molar-refractivity contribution in [3.05, 3.63) is 139 Å². The zero-order chi connectivity index (χ0) is 29.6. The topological polar surface area (TPSA) is 68.7 Å². The van der Waals surface area contributed by atoms with Gasteiger partial charge in [-0.3, -0.25) is 4.79 Å². The molecule has 1 unspecified atom stereocenters. The number of benzene rings is 5. The second-order valence-electron chi connectivity index (χ2n) is 10.4. The number of pyridine rings is 1. The minimum Gasteiger partial charge on any atom is -0.489 e. The zero-order valence-corrected chi connectivity index (χ0v) is 24.8. The minimum atomic E-state index is -1.83. The Bertz CT molecular complexity index is 1740. The molecule has 216 valence electrons. The maximum Gasteiger partial charge on any atom is 0.312 e. The summed E-state index contributed by atoms with van der Waals surface area (Å²) in [6, 6.07) is 42.5. The van der Waals surface area contributed by atoms with Gasteiger partial charge in [0.25, 0.3) is 0 Å². The number of nitrogens with zero attached hydrogens (tertiary/aromatic N) is 1. The summed E-state index contributed by atoms with van der Waals surface area (Å²) >= 11 is 0. The third-order valence-corrected chi connectivity index (χ3v) is 11.7. The van der Waals surface area contributed by atoms with Crippen LogP contribution >= 0.6 is 10.0 Å². The fraction of sp³-hybridized carbons (Fsp3) is 0.135. The lowest BCUT2D eigenvalue weighted by atomic mass is 10.1.